The van der Waals surface area contributed by atoms with Gasteiger partial charge in [-0.1, -0.05) is 35.8 Å². The van der Waals surface area contributed by atoms with E-state index in [1.807, 2.05) is 80.0 Å². The molecular formula is C36H25N5OPt. The molecule has 0 aliphatic heterocycles. The Labute approximate surface area is 264 Å². The molecule has 210 valence electrons. The molecule has 3 heterocycles. The van der Waals surface area contributed by atoms with E-state index in [0.29, 0.717) is 17.1 Å². The van der Waals surface area contributed by atoms with Crippen LogP contribution in [0.25, 0.3) is 44.7 Å². The number of benzene rings is 4. The minimum Gasteiger partial charge on any atom is -0.503 e. The number of hydrogen-bond acceptors (Lipinski definition) is 4. The van der Waals surface area contributed by atoms with Gasteiger partial charge in [-0.2, -0.15) is 11.3 Å². The largest absolute Gasteiger partial charge is 2.00 e. The van der Waals surface area contributed by atoms with Gasteiger partial charge in [0.15, 0.2) is 0 Å². The monoisotopic (exact) mass is 738 g/mol. The Morgan fingerprint density at radius 2 is 1.60 bits per heavy atom. The van der Waals surface area contributed by atoms with Crippen LogP contribution in [0.15, 0.2) is 97.5 Å². The van der Waals surface area contributed by atoms with Crippen molar-refractivity contribution in [1.82, 2.24) is 19.1 Å². The van der Waals surface area contributed by atoms with E-state index in [0.717, 1.165) is 50.3 Å². The molecule has 6 nitrogen and oxygen atoms in total. The first-order valence-electron chi connectivity index (χ1n) is 13.6. The third kappa shape index (κ3) is 5.03. The van der Waals surface area contributed by atoms with Gasteiger partial charge in [0.1, 0.15) is 5.82 Å². The van der Waals surface area contributed by atoms with Gasteiger partial charge in [-0.25, -0.2) is 4.98 Å². The summed E-state index contributed by atoms with van der Waals surface area (Å²) in [6, 6.07) is 34.8. The topological polar surface area (TPSA) is 68.7 Å². The normalized spacial score (nSPS) is 10.9. The molecule has 0 spiro atoms. The second-order valence-electron chi connectivity index (χ2n) is 10.3. The molecule has 0 fully saturated rings. The number of pyridine rings is 1. The number of aryl methyl sites for hydroxylation is 3. The second-order valence-corrected chi connectivity index (χ2v) is 10.3. The van der Waals surface area contributed by atoms with Gasteiger partial charge in [-0.15, -0.1) is 41.3 Å². The zero-order valence-corrected chi connectivity index (χ0v) is 26.0. The Hall–Kier alpha value is -4.98. The summed E-state index contributed by atoms with van der Waals surface area (Å²) >= 11 is 0. The van der Waals surface area contributed by atoms with Crippen LogP contribution in [0.5, 0.6) is 11.5 Å². The maximum atomic E-state index is 9.53. The molecule has 0 saturated heterocycles. The van der Waals surface area contributed by atoms with Crippen molar-refractivity contribution in [3.05, 3.63) is 132 Å². The van der Waals surface area contributed by atoms with Crippen LogP contribution in [-0.2, 0) is 21.1 Å². The summed E-state index contributed by atoms with van der Waals surface area (Å²) in [6.07, 6.45) is 5.63. The van der Waals surface area contributed by atoms with Gasteiger partial charge in [-0.05, 0) is 67.1 Å². The molecule has 3 aromatic heterocycles. The Balaban J connectivity index is 0.00000329. The molecule has 0 aliphatic rings. The van der Waals surface area contributed by atoms with Gasteiger partial charge in [0.05, 0.1) is 17.5 Å². The van der Waals surface area contributed by atoms with Crippen LogP contribution in [0, 0.1) is 44.2 Å². The van der Waals surface area contributed by atoms with Crippen LogP contribution in [-0.4, -0.2) is 19.1 Å². The number of nitrogens with zero attached hydrogens (tertiary/aromatic N) is 5. The van der Waals surface area contributed by atoms with Crippen molar-refractivity contribution < 1.29 is 25.8 Å². The molecule has 0 atom stereocenters. The standard InChI is InChI=1S/C36H25N5O.Pt/c1-23-10-15-34(39-22-23)41-32-14-11-26(21-37)18-31(32)30-13-12-29(20-33(30)41)42-28-9-5-8-27(19-28)36-38-16-17-40(36)35-24(2)6-4-7-25(35)3;/h4-18,22H,1-3H3;/q-2;+2. The summed E-state index contributed by atoms with van der Waals surface area (Å²) in [4.78, 5) is 9.34. The maximum Gasteiger partial charge on any atom is 2.00 e. The smallest absolute Gasteiger partial charge is 0.503 e. The average molecular weight is 739 g/mol. The van der Waals surface area contributed by atoms with Crippen molar-refractivity contribution in [2.75, 3.05) is 0 Å². The first kappa shape index (κ1) is 28.2. The van der Waals surface area contributed by atoms with E-state index < -0.39 is 0 Å². The van der Waals surface area contributed by atoms with Crippen molar-refractivity contribution >= 4 is 21.8 Å². The first-order chi connectivity index (χ1) is 20.5. The van der Waals surface area contributed by atoms with Crippen molar-refractivity contribution in [2.45, 2.75) is 20.8 Å². The van der Waals surface area contributed by atoms with E-state index in [1.54, 1.807) is 6.20 Å². The van der Waals surface area contributed by atoms with Crippen LogP contribution < -0.4 is 4.74 Å². The van der Waals surface area contributed by atoms with E-state index >= 15 is 0 Å². The van der Waals surface area contributed by atoms with Gasteiger partial charge in [0.25, 0.3) is 0 Å². The fraction of sp³-hybridized carbons (Fsp3) is 0.0833. The van der Waals surface area contributed by atoms with Crippen molar-refractivity contribution in [3.8, 4) is 40.5 Å². The minimum atomic E-state index is 0. The van der Waals surface area contributed by atoms with E-state index in [2.05, 4.69) is 69.4 Å². The van der Waals surface area contributed by atoms with Crippen LogP contribution in [0.1, 0.15) is 22.3 Å². The van der Waals surface area contributed by atoms with Crippen molar-refractivity contribution in [2.24, 2.45) is 0 Å². The predicted molar refractivity (Wildman–Crippen MR) is 164 cm³/mol. The average Bonchev–Trinajstić information content (AvgIpc) is 3.60. The first-order valence-corrected chi connectivity index (χ1v) is 13.6. The van der Waals surface area contributed by atoms with Gasteiger partial charge in [0, 0.05) is 41.3 Å². The summed E-state index contributed by atoms with van der Waals surface area (Å²) in [5.41, 5.74) is 7.72. The van der Waals surface area contributed by atoms with Gasteiger partial charge >= 0.3 is 21.1 Å². The molecule has 4 aromatic carbocycles. The Kier molecular flexibility index (Phi) is 7.44. The molecule has 0 N–H and O–H groups in total. The second kappa shape index (κ2) is 11.4. The van der Waals surface area contributed by atoms with E-state index in [4.69, 9.17) is 4.74 Å². The summed E-state index contributed by atoms with van der Waals surface area (Å²) in [5, 5.41) is 11.4. The number of ether oxygens (including phenoxy) is 1. The van der Waals surface area contributed by atoms with Gasteiger partial charge in [0.2, 0.25) is 0 Å². The van der Waals surface area contributed by atoms with Crippen LogP contribution in [0.4, 0.5) is 0 Å². The molecule has 7 heteroatoms. The number of nitriles is 1. The molecule has 0 bridgehead atoms. The maximum absolute atomic E-state index is 9.53. The molecule has 0 aliphatic carbocycles. The number of imidazole rings is 1. The fourth-order valence-corrected chi connectivity index (χ4v) is 5.51. The van der Waals surface area contributed by atoms with E-state index in [-0.39, 0.29) is 21.1 Å². The summed E-state index contributed by atoms with van der Waals surface area (Å²) in [7, 11) is 0. The summed E-state index contributed by atoms with van der Waals surface area (Å²) in [6.45, 7) is 6.22. The molecule has 0 radical (unpaired) electrons. The third-order valence-corrected chi connectivity index (χ3v) is 7.45. The molecule has 0 unspecified atom stereocenters. The molecule has 0 saturated carbocycles. The number of para-hydroxylation sites is 1. The molecule has 0 amide bonds. The minimum absolute atomic E-state index is 0. The number of fused-ring (bicyclic) bond motifs is 3. The molecule has 7 aromatic rings. The Morgan fingerprint density at radius 3 is 2.37 bits per heavy atom. The van der Waals surface area contributed by atoms with Crippen LogP contribution in [0.2, 0.25) is 0 Å². The zero-order valence-electron chi connectivity index (χ0n) is 23.7. The Bertz CT molecular complexity index is 2150. The van der Waals surface area contributed by atoms with E-state index in [9.17, 15) is 5.26 Å². The zero-order chi connectivity index (χ0) is 28.8. The van der Waals surface area contributed by atoms with Crippen molar-refractivity contribution in [1.29, 1.82) is 5.26 Å². The van der Waals surface area contributed by atoms with Gasteiger partial charge < -0.3 is 13.9 Å². The molecule has 7 rings (SSSR count). The third-order valence-electron chi connectivity index (χ3n) is 7.45. The van der Waals surface area contributed by atoms with Crippen LogP contribution in [0.3, 0.4) is 0 Å². The van der Waals surface area contributed by atoms with Gasteiger partial charge in [-0.3, -0.25) is 4.98 Å². The number of aromatic nitrogens is 4. The van der Waals surface area contributed by atoms with Crippen LogP contribution >= 0.6 is 0 Å². The Morgan fingerprint density at radius 1 is 0.814 bits per heavy atom. The van der Waals surface area contributed by atoms with Crippen molar-refractivity contribution in [3.63, 3.8) is 0 Å². The SMILES string of the molecule is Cc1ccc(-n2c3[c-]c(Oc4[c-]c(-c5nccn5-c5c(C)cccc5C)ccc4)ccc3c3cc(C#N)ccc32)nc1.[Pt+2]. The predicted octanol–water partition coefficient (Wildman–Crippen LogP) is 8.22. The van der Waals surface area contributed by atoms with E-state index in [1.165, 1.54) is 11.1 Å². The number of rotatable bonds is 5. The quantitative estimate of drug-likeness (QED) is 0.167. The molecular weight excluding hydrogens is 714 g/mol. The summed E-state index contributed by atoms with van der Waals surface area (Å²) < 4.78 is 10.5. The summed E-state index contributed by atoms with van der Waals surface area (Å²) in [5.74, 6) is 2.66. The molecule has 43 heavy (non-hydrogen) atoms. The number of hydrogen-bond donors (Lipinski definition) is 0. The fourth-order valence-electron chi connectivity index (χ4n) is 5.51.